The third-order valence-corrected chi connectivity index (χ3v) is 5.59. The van der Waals surface area contributed by atoms with E-state index in [2.05, 4.69) is 31.8 Å². The van der Waals surface area contributed by atoms with Gasteiger partial charge in [-0.05, 0) is 38.4 Å². The predicted molar refractivity (Wildman–Crippen MR) is 98.6 cm³/mol. The lowest BCUT2D eigenvalue weighted by Gasteiger charge is -2.58. The number of piperidine rings is 1. The van der Waals surface area contributed by atoms with E-state index in [9.17, 15) is 0 Å². The molecule has 2 aromatic rings. The van der Waals surface area contributed by atoms with Crippen LogP contribution >= 0.6 is 0 Å². The molecule has 1 spiro atoms. The molecule has 2 aliphatic rings. The number of hydrogen-bond donors (Lipinski definition) is 0. The fourth-order valence-corrected chi connectivity index (χ4v) is 4.00. The van der Waals surface area contributed by atoms with Crippen LogP contribution in [-0.2, 0) is 0 Å². The van der Waals surface area contributed by atoms with Gasteiger partial charge in [0.15, 0.2) is 0 Å². The number of pyridine rings is 1. The van der Waals surface area contributed by atoms with E-state index in [1.165, 1.54) is 0 Å². The zero-order chi connectivity index (χ0) is 18.0. The lowest BCUT2D eigenvalue weighted by molar-refractivity contribution is 0.00555. The Morgan fingerprint density at radius 2 is 2.08 bits per heavy atom. The van der Waals surface area contributed by atoms with Crippen LogP contribution in [0.15, 0.2) is 36.8 Å². The Labute approximate surface area is 154 Å². The van der Waals surface area contributed by atoms with Gasteiger partial charge in [0.25, 0.3) is 0 Å². The van der Waals surface area contributed by atoms with E-state index >= 15 is 0 Å². The van der Waals surface area contributed by atoms with E-state index in [0.29, 0.717) is 17.7 Å². The summed E-state index contributed by atoms with van der Waals surface area (Å²) in [6.07, 6.45) is 5.62. The summed E-state index contributed by atoms with van der Waals surface area (Å²) in [7, 11) is 3.86. The maximum Gasteiger partial charge on any atom is 0.218 e. The van der Waals surface area contributed by atoms with Crippen LogP contribution in [-0.4, -0.2) is 65.8 Å². The van der Waals surface area contributed by atoms with Gasteiger partial charge in [-0.25, -0.2) is 15.0 Å². The molecule has 0 radical (unpaired) electrons. The minimum Gasteiger partial charge on any atom is -0.481 e. The maximum absolute atomic E-state index is 5.90. The predicted octanol–water partition coefficient (Wildman–Crippen LogP) is 1.86. The molecular weight excluding hydrogens is 330 g/mol. The first kappa shape index (κ1) is 17.0. The minimum absolute atomic E-state index is 0.203. The molecule has 0 amide bonds. The van der Waals surface area contributed by atoms with Crippen LogP contribution in [0.2, 0.25) is 0 Å². The minimum atomic E-state index is 0.203. The van der Waals surface area contributed by atoms with Gasteiger partial charge < -0.3 is 14.4 Å². The highest BCUT2D eigenvalue weighted by atomic mass is 16.5. The Hall–Kier alpha value is -2.41. The van der Waals surface area contributed by atoms with Crippen molar-refractivity contribution in [2.75, 3.05) is 45.3 Å². The summed E-state index contributed by atoms with van der Waals surface area (Å²) < 4.78 is 11.1. The molecule has 0 bridgehead atoms. The molecule has 26 heavy (non-hydrogen) atoms. The van der Waals surface area contributed by atoms with E-state index in [1.54, 1.807) is 19.6 Å². The van der Waals surface area contributed by atoms with E-state index in [-0.39, 0.29) is 5.54 Å². The van der Waals surface area contributed by atoms with Crippen LogP contribution in [0.3, 0.4) is 0 Å². The van der Waals surface area contributed by atoms with Gasteiger partial charge >= 0.3 is 0 Å². The van der Waals surface area contributed by atoms with Crippen molar-refractivity contribution in [1.29, 1.82) is 0 Å². The van der Waals surface area contributed by atoms with Gasteiger partial charge in [0.2, 0.25) is 11.8 Å². The van der Waals surface area contributed by atoms with Crippen molar-refractivity contribution >= 4 is 5.82 Å². The number of ether oxygens (including phenoxy) is 2. The van der Waals surface area contributed by atoms with Crippen molar-refractivity contribution in [3.05, 3.63) is 36.8 Å². The summed E-state index contributed by atoms with van der Waals surface area (Å²) in [5.41, 5.74) is 0.203. The van der Waals surface area contributed by atoms with Crippen molar-refractivity contribution in [2.45, 2.75) is 18.4 Å². The summed E-state index contributed by atoms with van der Waals surface area (Å²) >= 11 is 0. The first-order valence-corrected chi connectivity index (χ1v) is 9.05. The van der Waals surface area contributed by atoms with Crippen molar-refractivity contribution < 1.29 is 9.47 Å². The van der Waals surface area contributed by atoms with Crippen molar-refractivity contribution in [1.82, 2.24) is 19.9 Å². The van der Waals surface area contributed by atoms with Crippen LogP contribution in [0.5, 0.6) is 11.8 Å². The number of methoxy groups -OCH3 is 1. The van der Waals surface area contributed by atoms with Gasteiger partial charge in [0.05, 0.1) is 19.3 Å². The Bertz CT molecular complexity index is 736. The lowest BCUT2D eigenvalue weighted by Crippen LogP contribution is -2.72. The van der Waals surface area contributed by atoms with Crippen LogP contribution in [0, 0.1) is 5.92 Å². The highest BCUT2D eigenvalue weighted by Gasteiger charge is 2.50. The number of hydrogen-bond acceptors (Lipinski definition) is 7. The summed E-state index contributed by atoms with van der Waals surface area (Å²) in [4.78, 5) is 17.5. The van der Waals surface area contributed by atoms with Crippen LogP contribution in [0.25, 0.3) is 0 Å². The van der Waals surface area contributed by atoms with Gasteiger partial charge in [0, 0.05) is 31.4 Å². The van der Waals surface area contributed by atoms with E-state index < -0.39 is 0 Å². The largest absolute Gasteiger partial charge is 0.481 e. The Kier molecular flexibility index (Phi) is 4.63. The Morgan fingerprint density at radius 3 is 2.85 bits per heavy atom. The number of likely N-dealkylation sites (tertiary alicyclic amines) is 1. The SMILES string of the molecule is COc1cc(N2CC3(CC(COc4ccccn4)CCN3C)C2)ncn1. The summed E-state index contributed by atoms with van der Waals surface area (Å²) in [5.74, 6) is 2.80. The average molecular weight is 355 g/mol. The molecule has 0 saturated carbocycles. The number of aromatic nitrogens is 3. The van der Waals surface area contributed by atoms with Crippen molar-refractivity contribution in [2.24, 2.45) is 5.92 Å². The maximum atomic E-state index is 5.90. The zero-order valence-corrected chi connectivity index (χ0v) is 15.3. The molecule has 2 aliphatic heterocycles. The van der Waals surface area contributed by atoms with Gasteiger partial charge in [0.1, 0.15) is 12.1 Å². The van der Waals surface area contributed by atoms with E-state index in [4.69, 9.17) is 9.47 Å². The van der Waals surface area contributed by atoms with Crippen molar-refractivity contribution in [3.63, 3.8) is 0 Å². The fraction of sp³-hybridized carbons (Fsp3) is 0.526. The zero-order valence-electron chi connectivity index (χ0n) is 15.3. The fourth-order valence-electron chi connectivity index (χ4n) is 4.00. The third-order valence-electron chi connectivity index (χ3n) is 5.59. The second kappa shape index (κ2) is 7.07. The summed E-state index contributed by atoms with van der Waals surface area (Å²) in [5, 5.41) is 0. The summed E-state index contributed by atoms with van der Waals surface area (Å²) in [6.45, 7) is 3.78. The quantitative estimate of drug-likeness (QED) is 0.811. The standard InChI is InChI=1S/C19H25N5O2/c1-23-8-6-15(11-26-17-5-3-4-7-20-17)10-19(23)12-24(13-19)16-9-18(25-2)22-14-21-16/h3-5,7,9,14-15H,6,8,10-13H2,1-2H3. The molecule has 4 rings (SSSR count). The molecule has 0 aliphatic carbocycles. The third kappa shape index (κ3) is 3.31. The average Bonchev–Trinajstić information content (AvgIpc) is 2.66. The lowest BCUT2D eigenvalue weighted by atomic mass is 9.75. The number of nitrogens with zero attached hydrogens (tertiary/aromatic N) is 5. The van der Waals surface area contributed by atoms with E-state index in [1.807, 2.05) is 24.3 Å². The number of anilines is 1. The molecule has 2 fully saturated rings. The Morgan fingerprint density at radius 1 is 1.19 bits per heavy atom. The first-order chi connectivity index (χ1) is 12.7. The molecule has 1 unspecified atom stereocenters. The van der Waals surface area contributed by atoms with Crippen LogP contribution in [0.1, 0.15) is 12.8 Å². The monoisotopic (exact) mass is 355 g/mol. The topological polar surface area (TPSA) is 63.6 Å². The number of rotatable bonds is 5. The Balaban J connectivity index is 1.37. The van der Waals surface area contributed by atoms with Gasteiger partial charge in [-0.3, -0.25) is 4.90 Å². The second-order valence-electron chi connectivity index (χ2n) is 7.26. The van der Waals surface area contributed by atoms with Crippen molar-refractivity contribution in [3.8, 4) is 11.8 Å². The molecule has 2 aromatic heterocycles. The van der Waals surface area contributed by atoms with Crippen LogP contribution < -0.4 is 14.4 Å². The second-order valence-corrected chi connectivity index (χ2v) is 7.26. The molecule has 7 heteroatoms. The van der Waals surface area contributed by atoms with E-state index in [0.717, 1.165) is 44.9 Å². The van der Waals surface area contributed by atoms with Gasteiger partial charge in [-0.2, -0.15) is 0 Å². The van der Waals surface area contributed by atoms with Gasteiger partial charge in [-0.15, -0.1) is 0 Å². The molecule has 1 atom stereocenters. The first-order valence-electron chi connectivity index (χ1n) is 9.05. The normalized spacial score (nSPS) is 22.1. The molecule has 0 aromatic carbocycles. The summed E-state index contributed by atoms with van der Waals surface area (Å²) in [6, 6.07) is 7.68. The molecule has 0 N–H and O–H groups in total. The molecule has 4 heterocycles. The van der Waals surface area contributed by atoms with Crippen LogP contribution in [0.4, 0.5) is 5.82 Å². The number of likely N-dealkylation sites (N-methyl/N-ethyl adjacent to an activating group) is 1. The highest BCUT2D eigenvalue weighted by Crippen LogP contribution is 2.40. The molecule has 7 nitrogen and oxygen atoms in total. The smallest absolute Gasteiger partial charge is 0.218 e. The van der Waals surface area contributed by atoms with Gasteiger partial charge in [-0.1, -0.05) is 6.07 Å². The molecular formula is C19H25N5O2. The highest BCUT2D eigenvalue weighted by molar-refractivity contribution is 5.46. The molecule has 138 valence electrons. The molecule has 2 saturated heterocycles.